The lowest BCUT2D eigenvalue weighted by Crippen LogP contribution is -1.95. The Kier molecular flexibility index (Phi) is 2.36. The molecule has 0 aliphatic heterocycles. The maximum atomic E-state index is 5.05. The van der Waals surface area contributed by atoms with Gasteiger partial charge in [0.05, 0.1) is 5.56 Å². The fraction of sp³-hybridized carbons (Fsp3) is 0.250. The first-order chi connectivity index (χ1) is 6.81. The number of nitrogens with zero attached hydrogens (tertiary/aromatic N) is 4. The average Bonchev–Trinajstić information content (AvgIpc) is 2.61. The number of H-pyrrole nitrogens is 1. The minimum absolute atomic E-state index is 0.548. The molecule has 72 valence electrons. The molecule has 6 heteroatoms. The molecule has 0 unspecified atom stereocenters. The molecule has 0 amide bonds. The SMILES string of the molecule is CCn1[nH]c(-c2cncnc2)nc1=S. The quantitative estimate of drug-likeness (QED) is 0.756. The highest BCUT2D eigenvalue weighted by molar-refractivity contribution is 7.71. The molecule has 5 nitrogen and oxygen atoms in total. The third-order valence-corrected chi connectivity index (χ3v) is 2.14. The lowest BCUT2D eigenvalue weighted by molar-refractivity contribution is 0.650. The highest BCUT2D eigenvalue weighted by Gasteiger charge is 2.03. The molecule has 0 radical (unpaired) electrons. The Bertz CT molecular complexity index is 472. The first-order valence-corrected chi connectivity index (χ1v) is 4.64. The van der Waals surface area contributed by atoms with Crippen LogP contribution < -0.4 is 0 Å². The summed E-state index contributed by atoms with van der Waals surface area (Å²) < 4.78 is 2.34. The van der Waals surface area contributed by atoms with E-state index in [-0.39, 0.29) is 0 Å². The first-order valence-electron chi connectivity index (χ1n) is 4.23. The van der Waals surface area contributed by atoms with Gasteiger partial charge in [-0.3, -0.25) is 9.78 Å². The molecule has 1 N–H and O–H groups in total. The van der Waals surface area contributed by atoms with Crippen LogP contribution in [0.2, 0.25) is 0 Å². The zero-order valence-electron chi connectivity index (χ0n) is 7.64. The van der Waals surface area contributed by atoms with E-state index in [1.54, 1.807) is 17.1 Å². The maximum Gasteiger partial charge on any atom is 0.216 e. The third kappa shape index (κ3) is 1.56. The lowest BCUT2D eigenvalue weighted by Gasteiger charge is -1.94. The summed E-state index contributed by atoms with van der Waals surface area (Å²) in [7, 11) is 0. The van der Waals surface area contributed by atoms with Gasteiger partial charge in [0.15, 0.2) is 5.82 Å². The second-order valence-corrected chi connectivity index (χ2v) is 3.09. The van der Waals surface area contributed by atoms with Gasteiger partial charge in [0.1, 0.15) is 6.33 Å². The van der Waals surface area contributed by atoms with E-state index >= 15 is 0 Å². The summed E-state index contributed by atoms with van der Waals surface area (Å²) in [4.78, 5) is 12.0. The average molecular weight is 207 g/mol. The molecule has 0 bridgehead atoms. The van der Waals surface area contributed by atoms with E-state index in [0.29, 0.717) is 10.6 Å². The summed E-state index contributed by atoms with van der Waals surface area (Å²) in [6.45, 7) is 2.78. The summed E-state index contributed by atoms with van der Waals surface area (Å²) in [5, 5.41) is 3.07. The van der Waals surface area contributed by atoms with Gasteiger partial charge in [-0.1, -0.05) is 0 Å². The molecule has 0 saturated heterocycles. The molecule has 2 rings (SSSR count). The fourth-order valence-corrected chi connectivity index (χ4v) is 1.39. The van der Waals surface area contributed by atoms with Gasteiger partial charge < -0.3 is 0 Å². The predicted molar refractivity (Wildman–Crippen MR) is 54.1 cm³/mol. The fourth-order valence-electron chi connectivity index (χ4n) is 1.12. The largest absolute Gasteiger partial charge is 0.279 e. The minimum Gasteiger partial charge on any atom is -0.279 e. The van der Waals surface area contributed by atoms with Crippen LogP contribution in [-0.4, -0.2) is 24.7 Å². The number of aryl methyl sites for hydroxylation is 1. The van der Waals surface area contributed by atoms with Crippen LogP contribution >= 0.6 is 12.2 Å². The van der Waals surface area contributed by atoms with E-state index in [0.717, 1.165) is 12.1 Å². The van der Waals surface area contributed by atoms with Gasteiger partial charge in [-0.2, -0.15) is 4.98 Å². The molecular weight excluding hydrogens is 198 g/mol. The van der Waals surface area contributed by atoms with Gasteiger partial charge in [0.25, 0.3) is 0 Å². The van der Waals surface area contributed by atoms with Crippen molar-refractivity contribution in [2.75, 3.05) is 0 Å². The predicted octanol–water partition coefficient (Wildman–Crippen LogP) is 1.42. The summed E-state index contributed by atoms with van der Waals surface area (Å²) in [5.41, 5.74) is 0.839. The van der Waals surface area contributed by atoms with Crippen molar-refractivity contribution in [3.8, 4) is 11.4 Å². The van der Waals surface area contributed by atoms with Gasteiger partial charge in [-0.25, -0.2) is 9.97 Å². The van der Waals surface area contributed by atoms with Crippen LogP contribution in [0.1, 0.15) is 6.92 Å². The molecule has 0 saturated carbocycles. The van der Waals surface area contributed by atoms with E-state index in [2.05, 4.69) is 20.1 Å². The second kappa shape index (κ2) is 3.67. The molecule has 0 aliphatic carbocycles. The van der Waals surface area contributed by atoms with Gasteiger partial charge in [-0.05, 0) is 19.1 Å². The molecule has 2 aromatic rings. The number of aromatic nitrogens is 5. The topological polar surface area (TPSA) is 59.4 Å². The Balaban J connectivity index is 2.48. The number of nitrogens with one attached hydrogen (secondary N) is 1. The Hall–Kier alpha value is -1.56. The summed E-state index contributed by atoms with van der Waals surface area (Å²) in [5.74, 6) is 0.706. The minimum atomic E-state index is 0.548. The Labute approximate surface area is 85.8 Å². The number of hydrogen-bond donors (Lipinski definition) is 1. The third-order valence-electron chi connectivity index (χ3n) is 1.83. The number of rotatable bonds is 2. The van der Waals surface area contributed by atoms with E-state index in [4.69, 9.17) is 12.2 Å². The van der Waals surface area contributed by atoms with Crippen molar-refractivity contribution in [1.82, 2.24) is 24.7 Å². The van der Waals surface area contributed by atoms with Gasteiger partial charge in [0, 0.05) is 18.9 Å². The van der Waals surface area contributed by atoms with Crippen LogP contribution in [-0.2, 0) is 6.54 Å². The van der Waals surface area contributed by atoms with E-state index in [1.807, 2.05) is 6.92 Å². The Morgan fingerprint density at radius 1 is 1.43 bits per heavy atom. The van der Waals surface area contributed by atoms with Gasteiger partial charge in [0.2, 0.25) is 4.77 Å². The normalized spacial score (nSPS) is 10.4. The highest BCUT2D eigenvalue weighted by atomic mass is 32.1. The molecule has 0 aliphatic rings. The number of hydrogen-bond acceptors (Lipinski definition) is 4. The van der Waals surface area contributed by atoms with Crippen molar-refractivity contribution in [1.29, 1.82) is 0 Å². The van der Waals surface area contributed by atoms with Gasteiger partial charge in [-0.15, -0.1) is 0 Å². The molecule has 0 spiro atoms. The summed E-state index contributed by atoms with van der Waals surface area (Å²) in [6, 6.07) is 0. The van der Waals surface area contributed by atoms with Crippen LogP contribution in [0, 0.1) is 4.77 Å². The summed E-state index contributed by atoms with van der Waals surface area (Å²) >= 11 is 5.05. The molecule has 0 atom stereocenters. The van der Waals surface area contributed by atoms with E-state index in [9.17, 15) is 0 Å². The van der Waals surface area contributed by atoms with Crippen LogP contribution in [0.3, 0.4) is 0 Å². The van der Waals surface area contributed by atoms with E-state index < -0.39 is 0 Å². The zero-order chi connectivity index (χ0) is 9.97. The van der Waals surface area contributed by atoms with Crippen molar-refractivity contribution in [3.05, 3.63) is 23.5 Å². The van der Waals surface area contributed by atoms with Crippen molar-refractivity contribution in [2.45, 2.75) is 13.5 Å². The Morgan fingerprint density at radius 2 is 2.14 bits per heavy atom. The summed E-state index contributed by atoms with van der Waals surface area (Å²) in [6.07, 6.45) is 4.87. The van der Waals surface area contributed by atoms with Gasteiger partial charge >= 0.3 is 0 Å². The molecular formula is C8H9N5S. The van der Waals surface area contributed by atoms with Crippen LogP contribution in [0.5, 0.6) is 0 Å². The maximum absolute atomic E-state index is 5.05. The van der Waals surface area contributed by atoms with Crippen LogP contribution in [0.25, 0.3) is 11.4 Å². The highest BCUT2D eigenvalue weighted by Crippen LogP contribution is 2.10. The van der Waals surface area contributed by atoms with E-state index in [1.165, 1.54) is 6.33 Å². The van der Waals surface area contributed by atoms with Crippen LogP contribution in [0.15, 0.2) is 18.7 Å². The Morgan fingerprint density at radius 3 is 2.71 bits per heavy atom. The molecule has 14 heavy (non-hydrogen) atoms. The lowest BCUT2D eigenvalue weighted by atomic mass is 10.3. The molecule has 2 aromatic heterocycles. The molecule has 0 fully saturated rings. The standard InChI is InChI=1S/C8H9N5S/c1-2-13-8(14)11-7(12-13)6-3-9-5-10-4-6/h3-5H,2H2,1H3,(H,11,12,14). The van der Waals surface area contributed by atoms with Crippen molar-refractivity contribution >= 4 is 12.2 Å². The van der Waals surface area contributed by atoms with Crippen molar-refractivity contribution in [3.63, 3.8) is 0 Å². The molecule has 2 heterocycles. The first kappa shape index (κ1) is 9.01. The smallest absolute Gasteiger partial charge is 0.216 e. The molecule has 0 aromatic carbocycles. The second-order valence-electron chi connectivity index (χ2n) is 2.73. The van der Waals surface area contributed by atoms with Crippen LogP contribution in [0.4, 0.5) is 0 Å². The van der Waals surface area contributed by atoms with Crippen molar-refractivity contribution < 1.29 is 0 Å². The number of aromatic amines is 1. The van der Waals surface area contributed by atoms with Crippen molar-refractivity contribution in [2.24, 2.45) is 0 Å². The zero-order valence-corrected chi connectivity index (χ0v) is 8.45. The monoisotopic (exact) mass is 207 g/mol.